The molecule has 1 aromatic carbocycles. The summed E-state index contributed by atoms with van der Waals surface area (Å²) < 4.78 is 7.06. The number of aryl methyl sites for hydroxylation is 1. The molecule has 0 bridgehead atoms. The van der Waals surface area contributed by atoms with Gasteiger partial charge in [-0.15, -0.1) is 0 Å². The fraction of sp³-hybridized carbons (Fsp3) is 0.429. The van der Waals surface area contributed by atoms with E-state index in [-0.39, 0.29) is 12.5 Å². The summed E-state index contributed by atoms with van der Waals surface area (Å²) in [6, 6.07) is 7.71. The average molecular weight is 259 g/mol. The number of rotatable bonds is 3. The van der Waals surface area contributed by atoms with Gasteiger partial charge in [-0.25, -0.2) is 9.67 Å². The van der Waals surface area contributed by atoms with Gasteiger partial charge in [0.1, 0.15) is 11.6 Å². The van der Waals surface area contributed by atoms with E-state index >= 15 is 0 Å². The number of ether oxygens (including phenoxy) is 1. The highest BCUT2D eigenvalue weighted by Gasteiger charge is 2.23. The maximum Gasteiger partial charge on any atom is 0.181 e. The van der Waals surface area contributed by atoms with Crippen LogP contribution in [0.1, 0.15) is 24.6 Å². The Labute approximate surface area is 111 Å². The van der Waals surface area contributed by atoms with E-state index in [1.165, 1.54) is 0 Å². The summed E-state index contributed by atoms with van der Waals surface area (Å²) in [6.07, 6.45) is 2.03. The molecule has 1 aliphatic heterocycles. The molecule has 3 rings (SSSR count). The third-order valence-electron chi connectivity index (χ3n) is 3.56. The van der Waals surface area contributed by atoms with Crippen molar-refractivity contribution in [3.05, 3.63) is 30.1 Å². The summed E-state index contributed by atoms with van der Waals surface area (Å²) >= 11 is 0. The molecule has 0 saturated carbocycles. The topological polar surface area (TPSA) is 60.2 Å². The molecule has 100 valence electrons. The average Bonchev–Trinajstić information content (AvgIpc) is 2.91. The van der Waals surface area contributed by atoms with Gasteiger partial charge in [0.15, 0.2) is 5.82 Å². The first-order valence-corrected chi connectivity index (χ1v) is 6.52. The Kier molecular flexibility index (Phi) is 3.21. The fourth-order valence-corrected chi connectivity index (χ4v) is 2.47. The Hall–Kier alpha value is -1.88. The molecule has 1 N–H and O–H groups in total. The number of aromatic nitrogens is 3. The van der Waals surface area contributed by atoms with Gasteiger partial charge in [-0.05, 0) is 37.1 Å². The molecule has 0 spiro atoms. The quantitative estimate of drug-likeness (QED) is 0.913. The summed E-state index contributed by atoms with van der Waals surface area (Å²) in [5, 5.41) is 13.9. The van der Waals surface area contributed by atoms with Crippen LogP contribution >= 0.6 is 0 Å². The molecule has 0 aliphatic carbocycles. The Morgan fingerprint density at radius 2 is 2.16 bits per heavy atom. The molecule has 2 aromatic rings. The first-order valence-electron chi connectivity index (χ1n) is 6.52. The SMILES string of the molecule is COc1ccc(-c2nc3n(n2)CCCC3CO)cc1. The lowest BCUT2D eigenvalue weighted by Gasteiger charge is -2.19. The first kappa shape index (κ1) is 12.2. The largest absolute Gasteiger partial charge is 0.497 e. The van der Waals surface area contributed by atoms with Crippen LogP contribution in [0.15, 0.2) is 24.3 Å². The van der Waals surface area contributed by atoms with Gasteiger partial charge in [0.25, 0.3) is 0 Å². The minimum absolute atomic E-state index is 0.119. The number of benzene rings is 1. The predicted molar refractivity (Wildman–Crippen MR) is 71.1 cm³/mol. The first-order chi connectivity index (χ1) is 9.31. The van der Waals surface area contributed by atoms with Crippen molar-refractivity contribution in [2.45, 2.75) is 25.3 Å². The van der Waals surface area contributed by atoms with Crippen molar-refractivity contribution >= 4 is 0 Å². The number of hydrogen-bond donors (Lipinski definition) is 1. The molecule has 1 atom stereocenters. The Morgan fingerprint density at radius 1 is 1.37 bits per heavy atom. The molecule has 2 heterocycles. The van der Waals surface area contributed by atoms with Crippen LogP contribution in [0.2, 0.25) is 0 Å². The van der Waals surface area contributed by atoms with Gasteiger partial charge < -0.3 is 9.84 Å². The molecule has 0 radical (unpaired) electrons. The van der Waals surface area contributed by atoms with Gasteiger partial charge in [0.2, 0.25) is 0 Å². The van der Waals surface area contributed by atoms with Crippen LogP contribution in [-0.2, 0) is 6.54 Å². The predicted octanol–water partition coefficient (Wildman–Crippen LogP) is 1.82. The van der Waals surface area contributed by atoms with Crippen LogP contribution in [0.25, 0.3) is 11.4 Å². The van der Waals surface area contributed by atoms with Gasteiger partial charge in [-0.3, -0.25) is 0 Å². The molecular formula is C14H17N3O2. The Morgan fingerprint density at radius 3 is 2.84 bits per heavy atom. The molecule has 19 heavy (non-hydrogen) atoms. The highest BCUT2D eigenvalue weighted by atomic mass is 16.5. The van der Waals surface area contributed by atoms with E-state index in [9.17, 15) is 5.11 Å². The third-order valence-corrected chi connectivity index (χ3v) is 3.56. The molecule has 5 nitrogen and oxygen atoms in total. The Bertz CT molecular complexity index is 563. The lowest BCUT2D eigenvalue weighted by Crippen LogP contribution is -2.19. The van der Waals surface area contributed by atoms with Crippen molar-refractivity contribution in [1.29, 1.82) is 0 Å². The summed E-state index contributed by atoms with van der Waals surface area (Å²) in [4.78, 5) is 4.58. The van der Waals surface area contributed by atoms with Crippen LogP contribution in [0.5, 0.6) is 5.75 Å². The van der Waals surface area contributed by atoms with Crippen molar-refractivity contribution in [1.82, 2.24) is 14.8 Å². The molecule has 0 amide bonds. The van der Waals surface area contributed by atoms with Crippen LogP contribution < -0.4 is 4.74 Å². The molecule has 5 heteroatoms. The van der Waals surface area contributed by atoms with Crippen molar-refractivity contribution < 1.29 is 9.84 Å². The van der Waals surface area contributed by atoms with Crippen molar-refractivity contribution in [3.8, 4) is 17.1 Å². The van der Waals surface area contributed by atoms with E-state index in [0.717, 1.165) is 42.3 Å². The second kappa shape index (κ2) is 5.01. The standard InChI is InChI=1S/C14H17N3O2/c1-19-12-6-4-10(5-7-12)13-15-14-11(9-18)3-2-8-17(14)16-13/h4-7,11,18H,2-3,8-9H2,1H3. The zero-order chi connectivity index (χ0) is 13.2. The van der Waals surface area contributed by atoms with E-state index in [1.807, 2.05) is 28.9 Å². The van der Waals surface area contributed by atoms with E-state index in [1.54, 1.807) is 7.11 Å². The summed E-state index contributed by atoms with van der Waals surface area (Å²) in [6.45, 7) is 1.02. The maximum absolute atomic E-state index is 9.39. The maximum atomic E-state index is 9.39. The Balaban J connectivity index is 1.95. The highest BCUT2D eigenvalue weighted by molar-refractivity contribution is 5.56. The lowest BCUT2D eigenvalue weighted by molar-refractivity contribution is 0.234. The summed E-state index contributed by atoms with van der Waals surface area (Å²) in [5.74, 6) is 2.56. The van der Waals surface area contributed by atoms with Crippen molar-refractivity contribution in [3.63, 3.8) is 0 Å². The number of hydrogen-bond acceptors (Lipinski definition) is 4. The van der Waals surface area contributed by atoms with Gasteiger partial charge >= 0.3 is 0 Å². The number of nitrogens with zero attached hydrogens (tertiary/aromatic N) is 3. The molecule has 1 unspecified atom stereocenters. The van der Waals surface area contributed by atoms with Crippen molar-refractivity contribution in [2.75, 3.05) is 13.7 Å². The second-order valence-electron chi connectivity index (χ2n) is 4.77. The minimum Gasteiger partial charge on any atom is -0.497 e. The van der Waals surface area contributed by atoms with E-state index in [4.69, 9.17) is 4.74 Å². The summed E-state index contributed by atoms with van der Waals surface area (Å²) in [7, 11) is 1.65. The highest BCUT2D eigenvalue weighted by Crippen LogP contribution is 2.28. The third kappa shape index (κ3) is 2.21. The lowest BCUT2D eigenvalue weighted by atomic mass is 10.0. The van der Waals surface area contributed by atoms with Crippen LogP contribution in [0.3, 0.4) is 0 Å². The molecule has 1 aliphatic rings. The second-order valence-corrected chi connectivity index (χ2v) is 4.77. The van der Waals surface area contributed by atoms with Gasteiger partial charge in [0, 0.05) is 18.0 Å². The minimum atomic E-state index is 0.119. The summed E-state index contributed by atoms with van der Waals surface area (Å²) in [5.41, 5.74) is 0.972. The zero-order valence-corrected chi connectivity index (χ0v) is 10.9. The van der Waals surface area contributed by atoms with Crippen LogP contribution in [0, 0.1) is 0 Å². The molecule has 0 saturated heterocycles. The van der Waals surface area contributed by atoms with E-state index in [2.05, 4.69) is 10.1 Å². The van der Waals surface area contributed by atoms with E-state index < -0.39 is 0 Å². The molecular weight excluding hydrogens is 242 g/mol. The van der Waals surface area contributed by atoms with Crippen LogP contribution in [0.4, 0.5) is 0 Å². The van der Waals surface area contributed by atoms with Gasteiger partial charge in [0.05, 0.1) is 13.7 Å². The monoisotopic (exact) mass is 259 g/mol. The number of methoxy groups -OCH3 is 1. The normalized spacial score (nSPS) is 18.1. The molecule has 0 fully saturated rings. The number of fused-ring (bicyclic) bond motifs is 1. The van der Waals surface area contributed by atoms with Gasteiger partial charge in [-0.1, -0.05) is 0 Å². The fourth-order valence-electron chi connectivity index (χ4n) is 2.47. The number of aliphatic hydroxyl groups excluding tert-OH is 1. The van der Waals surface area contributed by atoms with Crippen molar-refractivity contribution in [2.24, 2.45) is 0 Å². The van der Waals surface area contributed by atoms with Crippen LogP contribution in [-0.4, -0.2) is 33.6 Å². The van der Waals surface area contributed by atoms with Gasteiger partial charge in [-0.2, -0.15) is 5.10 Å². The zero-order valence-electron chi connectivity index (χ0n) is 10.9. The smallest absolute Gasteiger partial charge is 0.181 e. The molecule has 1 aromatic heterocycles. The van der Waals surface area contributed by atoms with E-state index in [0.29, 0.717) is 0 Å². The number of aliphatic hydroxyl groups is 1.